The van der Waals surface area contributed by atoms with Gasteiger partial charge in [-0.3, -0.25) is 4.79 Å². The van der Waals surface area contributed by atoms with E-state index in [2.05, 4.69) is 22.5 Å². The number of aryl methyl sites for hydroxylation is 1. The van der Waals surface area contributed by atoms with Crippen LogP contribution in [-0.2, 0) is 4.79 Å². The largest absolute Gasteiger partial charge is 0.281 e. The van der Waals surface area contributed by atoms with Gasteiger partial charge in [0.05, 0.1) is 0 Å². The zero-order chi connectivity index (χ0) is 9.14. The maximum atomic E-state index is 10.9. The van der Waals surface area contributed by atoms with E-state index in [1.54, 1.807) is 0 Å². The number of allylic oxidation sites excluding steroid dienone is 1. The van der Waals surface area contributed by atoms with E-state index in [4.69, 9.17) is 0 Å². The minimum Gasteiger partial charge on any atom is -0.281 e. The molecule has 2 heteroatoms. The molecule has 1 aromatic rings. The molecule has 0 saturated carbocycles. The topological polar surface area (TPSA) is 17.1 Å². The highest BCUT2D eigenvalue weighted by atomic mass is 79.9. The third-order valence-corrected chi connectivity index (χ3v) is 2.19. The minimum atomic E-state index is -0.156. The van der Waals surface area contributed by atoms with Gasteiger partial charge in [0.15, 0.2) is 0 Å². The Balaban J connectivity index is 3.11. The van der Waals surface area contributed by atoms with Crippen LogP contribution in [0.25, 0.3) is 5.57 Å². The summed E-state index contributed by atoms with van der Waals surface area (Å²) in [6.07, 6.45) is 0. The van der Waals surface area contributed by atoms with E-state index >= 15 is 0 Å². The highest BCUT2D eigenvalue weighted by Crippen LogP contribution is 2.19. The van der Waals surface area contributed by atoms with E-state index in [0.29, 0.717) is 5.57 Å². The summed E-state index contributed by atoms with van der Waals surface area (Å²) in [7, 11) is 0. The molecule has 0 aliphatic heterocycles. The van der Waals surface area contributed by atoms with Crippen LogP contribution in [0.2, 0.25) is 0 Å². The first-order valence-corrected chi connectivity index (χ1v) is 4.37. The Labute approximate surface area is 80.2 Å². The smallest absolute Gasteiger partial charge is 0.228 e. The van der Waals surface area contributed by atoms with Crippen molar-refractivity contribution in [2.45, 2.75) is 6.92 Å². The first-order valence-electron chi connectivity index (χ1n) is 3.57. The molecule has 0 fully saturated rings. The lowest BCUT2D eigenvalue weighted by Gasteiger charge is -2.03. The first kappa shape index (κ1) is 9.20. The van der Waals surface area contributed by atoms with Crippen LogP contribution in [0.3, 0.4) is 0 Å². The Hall–Kier alpha value is -0.890. The number of halogens is 1. The molecule has 62 valence electrons. The summed E-state index contributed by atoms with van der Waals surface area (Å²) in [6, 6.07) is 7.67. The van der Waals surface area contributed by atoms with E-state index in [1.165, 1.54) is 0 Å². The molecule has 1 rings (SSSR count). The van der Waals surface area contributed by atoms with Gasteiger partial charge in [0.1, 0.15) is 0 Å². The van der Waals surface area contributed by atoms with Crippen LogP contribution in [0.15, 0.2) is 30.8 Å². The molecule has 0 aromatic heterocycles. The van der Waals surface area contributed by atoms with Gasteiger partial charge in [0.25, 0.3) is 0 Å². The van der Waals surface area contributed by atoms with Gasteiger partial charge < -0.3 is 0 Å². The van der Waals surface area contributed by atoms with E-state index in [9.17, 15) is 4.79 Å². The van der Waals surface area contributed by atoms with Crippen molar-refractivity contribution in [2.24, 2.45) is 0 Å². The molecule has 0 saturated heterocycles. The van der Waals surface area contributed by atoms with Gasteiger partial charge in [-0.25, -0.2) is 0 Å². The zero-order valence-electron chi connectivity index (χ0n) is 6.80. The summed E-state index contributed by atoms with van der Waals surface area (Å²) in [4.78, 5) is 10.9. The third-order valence-electron chi connectivity index (χ3n) is 1.71. The lowest BCUT2D eigenvalue weighted by Crippen LogP contribution is -1.92. The Morgan fingerprint density at radius 3 is 2.50 bits per heavy atom. The SMILES string of the molecule is C=C(C(=O)Br)c1ccccc1C. The van der Waals surface area contributed by atoms with E-state index in [-0.39, 0.29) is 4.69 Å². The summed E-state index contributed by atoms with van der Waals surface area (Å²) in [5.74, 6) is 0. The Bertz CT molecular complexity index is 328. The molecule has 1 aromatic carbocycles. The van der Waals surface area contributed by atoms with E-state index in [1.807, 2.05) is 31.2 Å². The standard InChI is InChI=1S/C10H9BrO/c1-7-5-3-4-6-9(7)8(2)10(11)12/h3-6H,2H2,1H3. The van der Waals surface area contributed by atoms with Crippen LogP contribution in [0.1, 0.15) is 11.1 Å². The molecule has 0 aliphatic carbocycles. The van der Waals surface area contributed by atoms with E-state index < -0.39 is 0 Å². The summed E-state index contributed by atoms with van der Waals surface area (Å²) < 4.78 is -0.156. The second kappa shape index (κ2) is 3.68. The molecule has 0 atom stereocenters. The van der Waals surface area contributed by atoms with Gasteiger partial charge in [-0.2, -0.15) is 0 Å². The second-order valence-corrected chi connectivity index (χ2v) is 3.29. The fourth-order valence-corrected chi connectivity index (χ4v) is 1.23. The molecule has 1 nitrogen and oxygen atoms in total. The minimum absolute atomic E-state index is 0.156. The normalized spacial score (nSPS) is 9.50. The van der Waals surface area contributed by atoms with Crippen molar-refractivity contribution in [3.63, 3.8) is 0 Å². The molecule has 0 radical (unpaired) electrons. The average molecular weight is 225 g/mol. The fourth-order valence-electron chi connectivity index (χ4n) is 1.02. The van der Waals surface area contributed by atoms with Gasteiger partial charge in [-0.1, -0.05) is 30.8 Å². The number of hydrogen-bond donors (Lipinski definition) is 0. The van der Waals surface area contributed by atoms with Crippen LogP contribution in [0, 0.1) is 6.92 Å². The maximum absolute atomic E-state index is 10.9. The Kier molecular flexibility index (Phi) is 2.82. The molecular weight excluding hydrogens is 216 g/mol. The van der Waals surface area contributed by atoms with Gasteiger partial charge in [-0.15, -0.1) is 0 Å². The van der Waals surface area contributed by atoms with Crippen molar-refractivity contribution in [1.29, 1.82) is 0 Å². The molecule has 0 bridgehead atoms. The van der Waals surface area contributed by atoms with Crippen molar-refractivity contribution in [2.75, 3.05) is 0 Å². The highest BCUT2D eigenvalue weighted by molar-refractivity contribution is 9.18. The van der Waals surface area contributed by atoms with Gasteiger partial charge in [0.2, 0.25) is 4.69 Å². The molecule has 0 amide bonds. The second-order valence-electron chi connectivity index (χ2n) is 2.57. The fraction of sp³-hybridized carbons (Fsp3) is 0.100. The van der Waals surface area contributed by atoms with Crippen LogP contribution >= 0.6 is 15.9 Å². The predicted octanol–water partition coefficient (Wildman–Crippen LogP) is 2.93. The van der Waals surface area contributed by atoms with Gasteiger partial charge in [-0.05, 0) is 34.0 Å². The highest BCUT2D eigenvalue weighted by Gasteiger charge is 2.06. The monoisotopic (exact) mass is 224 g/mol. The lowest BCUT2D eigenvalue weighted by atomic mass is 10.0. The maximum Gasteiger partial charge on any atom is 0.228 e. The van der Waals surface area contributed by atoms with Crippen molar-refractivity contribution < 1.29 is 4.79 Å². The van der Waals surface area contributed by atoms with Gasteiger partial charge in [0, 0.05) is 5.57 Å². The molecule has 0 aliphatic rings. The summed E-state index contributed by atoms with van der Waals surface area (Å²) in [6.45, 7) is 5.64. The molecule has 12 heavy (non-hydrogen) atoms. The number of benzene rings is 1. The first-order chi connectivity index (χ1) is 5.63. The van der Waals surface area contributed by atoms with Crippen LogP contribution in [0.5, 0.6) is 0 Å². The molecular formula is C10H9BrO. The quantitative estimate of drug-likeness (QED) is 0.558. The Morgan fingerprint density at radius 2 is 2.00 bits per heavy atom. The molecule has 0 spiro atoms. The molecule has 0 N–H and O–H groups in total. The number of carbonyl (C=O) groups is 1. The average Bonchev–Trinajstić information content (AvgIpc) is 2.04. The van der Waals surface area contributed by atoms with E-state index in [0.717, 1.165) is 11.1 Å². The lowest BCUT2D eigenvalue weighted by molar-refractivity contribution is -0.105. The van der Waals surface area contributed by atoms with Crippen molar-refractivity contribution >= 4 is 26.2 Å². The summed E-state index contributed by atoms with van der Waals surface area (Å²) in [5.41, 5.74) is 2.47. The predicted molar refractivity (Wildman–Crippen MR) is 54.1 cm³/mol. The van der Waals surface area contributed by atoms with Crippen molar-refractivity contribution in [3.8, 4) is 0 Å². The summed E-state index contributed by atoms with van der Waals surface area (Å²) in [5, 5.41) is 0. The summed E-state index contributed by atoms with van der Waals surface area (Å²) >= 11 is 2.87. The van der Waals surface area contributed by atoms with Crippen LogP contribution in [-0.4, -0.2) is 4.69 Å². The number of carbonyl (C=O) groups excluding carboxylic acids is 1. The van der Waals surface area contributed by atoms with Crippen molar-refractivity contribution in [1.82, 2.24) is 0 Å². The molecule has 0 unspecified atom stereocenters. The molecule has 0 heterocycles. The third kappa shape index (κ3) is 1.83. The van der Waals surface area contributed by atoms with Crippen molar-refractivity contribution in [3.05, 3.63) is 42.0 Å². The zero-order valence-corrected chi connectivity index (χ0v) is 8.39. The number of rotatable bonds is 2. The van der Waals surface area contributed by atoms with Crippen LogP contribution in [0.4, 0.5) is 0 Å². The van der Waals surface area contributed by atoms with Crippen LogP contribution < -0.4 is 0 Å². The number of hydrogen-bond acceptors (Lipinski definition) is 1. The van der Waals surface area contributed by atoms with Gasteiger partial charge >= 0.3 is 0 Å². The Morgan fingerprint density at radius 1 is 1.42 bits per heavy atom.